The van der Waals surface area contributed by atoms with Crippen LogP contribution in [0.3, 0.4) is 0 Å². The fraction of sp³-hybridized carbons (Fsp3) is 0.273. The minimum Gasteiger partial charge on any atom is -0.279 e. The first-order chi connectivity index (χ1) is 15.7. The Labute approximate surface area is 188 Å². The lowest BCUT2D eigenvalue weighted by Gasteiger charge is -2.07. The number of para-hydroxylation sites is 1. The Morgan fingerprint density at radius 3 is 2.59 bits per heavy atom. The van der Waals surface area contributed by atoms with E-state index in [2.05, 4.69) is 25.6 Å². The molecule has 0 radical (unpaired) electrons. The van der Waals surface area contributed by atoms with Crippen molar-refractivity contribution in [3.05, 3.63) is 65.0 Å². The van der Waals surface area contributed by atoms with E-state index in [1.165, 1.54) is 0 Å². The second-order valence-corrected chi connectivity index (χ2v) is 8.55. The SMILES string of the molecule is Cn1c(=O)c2ccccc2n2c(SCCCCCn3nnc(-c4ccccc4)n3)nnc12. The lowest BCUT2D eigenvalue weighted by atomic mass is 10.2. The van der Waals surface area contributed by atoms with Gasteiger partial charge in [-0.05, 0) is 30.2 Å². The van der Waals surface area contributed by atoms with E-state index in [1.807, 2.05) is 59.0 Å². The summed E-state index contributed by atoms with van der Waals surface area (Å²) in [6, 6.07) is 17.4. The van der Waals surface area contributed by atoms with Crippen LogP contribution in [0.4, 0.5) is 0 Å². The molecule has 0 aliphatic heterocycles. The van der Waals surface area contributed by atoms with Gasteiger partial charge in [0.05, 0.1) is 17.4 Å². The van der Waals surface area contributed by atoms with E-state index in [0.717, 1.165) is 47.8 Å². The molecule has 0 saturated heterocycles. The molecule has 0 N–H and O–H groups in total. The number of unbranched alkanes of at least 4 members (excludes halogenated alkanes) is 2. The largest absolute Gasteiger partial charge is 0.279 e. The molecule has 9 nitrogen and oxygen atoms in total. The fourth-order valence-corrected chi connectivity index (χ4v) is 4.58. The van der Waals surface area contributed by atoms with Crippen molar-refractivity contribution in [3.8, 4) is 11.4 Å². The van der Waals surface area contributed by atoms with Crippen molar-refractivity contribution in [2.24, 2.45) is 7.05 Å². The Balaban J connectivity index is 1.17. The maximum absolute atomic E-state index is 12.5. The van der Waals surface area contributed by atoms with Gasteiger partial charge in [0, 0.05) is 18.4 Å². The van der Waals surface area contributed by atoms with E-state index in [0.29, 0.717) is 17.0 Å². The number of hydrogen-bond donors (Lipinski definition) is 0. The number of thioether (sulfide) groups is 1. The molecule has 10 heteroatoms. The van der Waals surface area contributed by atoms with Crippen LogP contribution in [-0.2, 0) is 13.6 Å². The summed E-state index contributed by atoms with van der Waals surface area (Å²) < 4.78 is 3.51. The first-order valence-corrected chi connectivity index (χ1v) is 11.5. The lowest BCUT2D eigenvalue weighted by molar-refractivity contribution is 0.487. The molecule has 0 unspecified atom stereocenters. The highest BCUT2D eigenvalue weighted by Gasteiger charge is 2.14. The molecule has 32 heavy (non-hydrogen) atoms. The molecule has 162 valence electrons. The number of aromatic nitrogens is 8. The first-order valence-electron chi connectivity index (χ1n) is 10.5. The predicted octanol–water partition coefficient (Wildman–Crippen LogP) is 3.20. The molecular weight excluding hydrogens is 424 g/mol. The molecular formula is C22H22N8OS. The van der Waals surface area contributed by atoms with Gasteiger partial charge in [-0.3, -0.25) is 13.8 Å². The van der Waals surface area contributed by atoms with E-state index in [9.17, 15) is 4.79 Å². The molecule has 5 aromatic rings. The molecule has 3 heterocycles. The minimum absolute atomic E-state index is 0.0609. The van der Waals surface area contributed by atoms with Crippen LogP contribution < -0.4 is 5.56 Å². The fourth-order valence-electron chi connectivity index (χ4n) is 3.64. The van der Waals surface area contributed by atoms with Gasteiger partial charge in [0.25, 0.3) is 5.56 Å². The van der Waals surface area contributed by atoms with Gasteiger partial charge in [0.1, 0.15) is 0 Å². The summed E-state index contributed by atoms with van der Waals surface area (Å²) in [7, 11) is 1.73. The molecule has 0 bridgehead atoms. The third-order valence-corrected chi connectivity index (χ3v) is 6.33. The lowest BCUT2D eigenvalue weighted by Crippen LogP contribution is -2.20. The maximum Gasteiger partial charge on any atom is 0.262 e. The highest BCUT2D eigenvalue weighted by Crippen LogP contribution is 2.22. The molecule has 2 aromatic carbocycles. The average molecular weight is 447 g/mol. The summed E-state index contributed by atoms with van der Waals surface area (Å²) in [5.41, 5.74) is 1.75. The number of benzene rings is 2. The number of aryl methyl sites for hydroxylation is 2. The number of fused-ring (bicyclic) bond motifs is 3. The zero-order valence-electron chi connectivity index (χ0n) is 17.6. The number of tetrazole rings is 1. The highest BCUT2D eigenvalue weighted by atomic mass is 32.2. The maximum atomic E-state index is 12.5. The smallest absolute Gasteiger partial charge is 0.262 e. The Bertz CT molecular complexity index is 1420. The topological polar surface area (TPSA) is 95.8 Å². The molecule has 3 aromatic heterocycles. The summed E-state index contributed by atoms with van der Waals surface area (Å²) in [5.74, 6) is 2.13. The summed E-state index contributed by atoms with van der Waals surface area (Å²) in [4.78, 5) is 14.2. The molecule has 0 aliphatic carbocycles. The Morgan fingerprint density at radius 2 is 1.72 bits per heavy atom. The summed E-state index contributed by atoms with van der Waals surface area (Å²) in [6.45, 7) is 0.741. The van der Waals surface area contributed by atoms with Gasteiger partial charge < -0.3 is 0 Å². The second-order valence-electron chi connectivity index (χ2n) is 7.48. The normalized spacial score (nSPS) is 11.5. The van der Waals surface area contributed by atoms with Gasteiger partial charge >= 0.3 is 0 Å². The van der Waals surface area contributed by atoms with Gasteiger partial charge in [-0.2, -0.15) is 4.80 Å². The Kier molecular flexibility index (Phi) is 5.68. The molecule has 0 spiro atoms. The predicted molar refractivity (Wildman–Crippen MR) is 124 cm³/mol. The van der Waals surface area contributed by atoms with Crippen LogP contribution in [-0.4, -0.2) is 45.1 Å². The highest BCUT2D eigenvalue weighted by molar-refractivity contribution is 7.99. The molecule has 5 rings (SSSR count). The van der Waals surface area contributed by atoms with Gasteiger partial charge in [-0.15, -0.1) is 20.4 Å². The van der Waals surface area contributed by atoms with E-state index in [4.69, 9.17) is 0 Å². The molecule has 0 atom stereocenters. The van der Waals surface area contributed by atoms with Gasteiger partial charge in [-0.1, -0.05) is 60.6 Å². The number of rotatable bonds is 8. The van der Waals surface area contributed by atoms with Crippen LogP contribution in [0.1, 0.15) is 19.3 Å². The van der Waals surface area contributed by atoms with E-state index in [1.54, 1.807) is 28.2 Å². The summed E-state index contributed by atoms with van der Waals surface area (Å²) in [6.07, 6.45) is 3.05. The van der Waals surface area contributed by atoms with Crippen LogP contribution in [0.5, 0.6) is 0 Å². The molecule has 0 amide bonds. The van der Waals surface area contributed by atoms with Crippen LogP contribution in [0, 0.1) is 0 Å². The molecule has 0 aliphatic rings. The van der Waals surface area contributed by atoms with Crippen molar-refractivity contribution in [2.75, 3.05) is 5.75 Å². The average Bonchev–Trinajstić information content (AvgIpc) is 3.48. The van der Waals surface area contributed by atoms with Crippen molar-refractivity contribution < 1.29 is 0 Å². The van der Waals surface area contributed by atoms with E-state index >= 15 is 0 Å². The van der Waals surface area contributed by atoms with Crippen molar-refractivity contribution in [1.29, 1.82) is 0 Å². The Hall–Kier alpha value is -3.53. The van der Waals surface area contributed by atoms with Crippen molar-refractivity contribution >= 4 is 28.4 Å². The minimum atomic E-state index is -0.0609. The van der Waals surface area contributed by atoms with Crippen molar-refractivity contribution in [3.63, 3.8) is 0 Å². The third-order valence-electron chi connectivity index (χ3n) is 5.31. The van der Waals surface area contributed by atoms with Crippen LogP contribution in [0.2, 0.25) is 0 Å². The zero-order valence-corrected chi connectivity index (χ0v) is 18.4. The van der Waals surface area contributed by atoms with Crippen LogP contribution in [0.25, 0.3) is 28.1 Å². The van der Waals surface area contributed by atoms with Gasteiger partial charge in [0.15, 0.2) is 5.16 Å². The van der Waals surface area contributed by atoms with Crippen LogP contribution >= 0.6 is 11.8 Å². The van der Waals surface area contributed by atoms with Gasteiger partial charge in [-0.25, -0.2) is 0 Å². The summed E-state index contributed by atoms with van der Waals surface area (Å²) >= 11 is 1.66. The summed E-state index contributed by atoms with van der Waals surface area (Å²) in [5, 5.41) is 22.8. The second kappa shape index (κ2) is 8.91. The monoisotopic (exact) mass is 446 g/mol. The van der Waals surface area contributed by atoms with E-state index in [-0.39, 0.29) is 5.56 Å². The van der Waals surface area contributed by atoms with Crippen molar-refractivity contribution in [1.82, 2.24) is 39.4 Å². The number of nitrogens with zero attached hydrogens (tertiary/aromatic N) is 8. The zero-order chi connectivity index (χ0) is 21.9. The third kappa shape index (κ3) is 3.89. The quantitative estimate of drug-likeness (QED) is 0.267. The van der Waals surface area contributed by atoms with Crippen LogP contribution in [0.15, 0.2) is 64.5 Å². The molecule has 0 saturated carbocycles. The van der Waals surface area contributed by atoms with Gasteiger partial charge in [0.2, 0.25) is 11.6 Å². The number of hydrogen-bond acceptors (Lipinski definition) is 7. The standard InChI is InChI=1S/C22H22N8OS/c1-28-20(31)17-12-6-7-13-18(17)30-21(28)24-25-22(30)32-15-9-3-8-14-29-26-19(23-27-29)16-10-4-2-5-11-16/h2,4-7,10-13H,3,8-9,14-15H2,1H3. The Morgan fingerprint density at radius 1 is 0.906 bits per heavy atom. The molecule has 0 fully saturated rings. The first kappa shape index (κ1) is 20.4. The van der Waals surface area contributed by atoms with E-state index < -0.39 is 0 Å². The van der Waals surface area contributed by atoms with Crippen molar-refractivity contribution in [2.45, 2.75) is 31.0 Å².